The van der Waals surface area contributed by atoms with Crippen molar-refractivity contribution in [1.82, 2.24) is 16.0 Å². The molecule has 0 aromatic heterocycles. The number of carbonyl (C=O) groups excluding carboxylic acids is 1. The third-order valence-electron chi connectivity index (χ3n) is 4.77. The molecule has 0 aliphatic rings. The van der Waals surface area contributed by atoms with Gasteiger partial charge in [0.2, 0.25) is 0 Å². The fraction of sp³-hybridized carbons (Fsp3) is 0.440. The van der Waals surface area contributed by atoms with Crippen LogP contribution >= 0.6 is 0 Å². The molecule has 3 N–H and O–H groups in total. The van der Waals surface area contributed by atoms with E-state index < -0.39 is 0 Å². The van der Waals surface area contributed by atoms with Gasteiger partial charge in [0.25, 0.3) is 5.91 Å². The molecule has 0 saturated heterocycles. The number of nitrogens with zero attached hydrogens (tertiary/aromatic N) is 1. The van der Waals surface area contributed by atoms with Crippen LogP contribution in [0.4, 0.5) is 0 Å². The summed E-state index contributed by atoms with van der Waals surface area (Å²) < 4.78 is 11.3. The topological polar surface area (TPSA) is 84.0 Å². The van der Waals surface area contributed by atoms with E-state index >= 15 is 0 Å². The van der Waals surface area contributed by atoms with Gasteiger partial charge in [-0.3, -0.25) is 9.79 Å². The maximum Gasteiger partial charge on any atom is 0.251 e. The van der Waals surface area contributed by atoms with E-state index in [9.17, 15) is 4.79 Å². The lowest BCUT2D eigenvalue weighted by Gasteiger charge is -2.16. The lowest BCUT2D eigenvalue weighted by molar-refractivity contribution is 0.0953. The third-order valence-corrected chi connectivity index (χ3v) is 4.77. The van der Waals surface area contributed by atoms with Crippen molar-refractivity contribution in [2.75, 3.05) is 33.4 Å². The highest BCUT2D eigenvalue weighted by atomic mass is 16.5. The second-order valence-corrected chi connectivity index (χ2v) is 7.39. The quantitative estimate of drug-likeness (QED) is 0.268. The van der Waals surface area contributed by atoms with Crippen LogP contribution in [0.1, 0.15) is 47.3 Å². The maximum atomic E-state index is 12.2. The Morgan fingerprint density at radius 2 is 1.81 bits per heavy atom. The van der Waals surface area contributed by atoms with Gasteiger partial charge in [0.05, 0.1) is 6.61 Å². The molecule has 7 nitrogen and oxygen atoms in total. The Morgan fingerprint density at radius 3 is 2.56 bits per heavy atom. The SMILES string of the molecule is CCCNC(=O)c1cccc(CNC(=NC)NCc2ccc(C)cc2OCCOCC)c1. The van der Waals surface area contributed by atoms with Gasteiger partial charge in [-0.1, -0.05) is 31.2 Å². The second-order valence-electron chi connectivity index (χ2n) is 7.39. The molecule has 0 spiro atoms. The normalized spacial score (nSPS) is 11.2. The highest BCUT2D eigenvalue weighted by Crippen LogP contribution is 2.20. The molecule has 7 heteroatoms. The first kappa shape index (κ1) is 25.2. The first-order valence-electron chi connectivity index (χ1n) is 11.2. The average molecular weight is 441 g/mol. The monoisotopic (exact) mass is 440 g/mol. The van der Waals surface area contributed by atoms with E-state index in [1.165, 1.54) is 0 Å². The van der Waals surface area contributed by atoms with Gasteiger partial charge in [-0.2, -0.15) is 0 Å². The van der Waals surface area contributed by atoms with Gasteiger partial charge in [-0.15, -0.1) is 0 Å². The van der Waals surface area contributed by atoms with Crippen molar-refractivity contribution in [3.05, 3.63) is 64.7 Å². The third kappa shape index (κ3) is 8.59. The molecule has 0 aliphatic carbocycles. The summed E-state index contributed by atoms with van der Waals surface area (Å²) in [5.74, 6) is 1.47. The molecule has 0 bridgehead atoms. The Morgan fingerprint density at radius 1 is 1.00 bits per heavy atom. The molecule has 0 heterocycles. The zero-order chi connectivity index (χ0) is 23.2. The lowest BCUT2D eigenvalue weighted by Crippen LogP contribution is -2.36. The van der Waals surface area contributed by atoms with E-state index in [1.807, 2.05) is 51.1 Å². The molecule has 2 rings (SSSR count). The summed E-state index contributed by atoms with van der Waals surface area (Å²) in [7, 11) is 1.73. The number of ether oxygens (including phenoxy) is 2. The number of benzene rings is 2. The summed E-state index contributed by atoms with van der Waals surface area (Å²) in [6.07, 6.45) is 0.912. The predicted molar refractivity (Wildman–Crippen MR) is 129 cm³/mol. The smallest absolute Gasteiger partial charge is 0.251 e. The van der Waals surface area contributed by atoms with Crippen LogP contribution in [0.5, 0.6) is 5.75 Å². The van der Waals surface area contributed by atoms with Crippen molar-refractivity contribution < 1.29 is 14.3 Å². The second kappa shape index (κ2) is 14.1. The average Bonchev–Trinajstić information content (AvgIpc) is 2.81. The minimum Gasteiger partial charge on any atom is -0.491 e. The van der Waals surface area contributed by atoms with Crippen LogP contribution in [-0.2, 0) is 17.8 Å². The molecule has 0 saturated carbocycles. The summed E-state index contributed by atoms with van der Waals surface area (Å²) in [5.41, 5.74) is 3.86. The van der Waals surface area contributed by atoms with Crippen LogP contribution in [0.15, 0.2) is 47.5 Å². The maximum absolute atomic E-state index is 12.2. The van der Waals surface area contributed by atoms with Crippen molar-refractivity contribution in [1.29, 1.82) is 0 Å². The molecule has 0 aliphatic heterocycles. The lowest BCUT2D eigenvalue weighted by atomic mass is 10.1. The van der Waals surface area contributed by atoms with Crippen molar-refractivity contribution in [2.45, 2.75) is 40.3 Å². The number of aliphatic imine (C=N–C) groups is 1. The van der Waals surface area contributed by atoms with Gasteiger partial charge in [0.1, 0.15) is 12.4 Å². The Labute approximate surface area is 191 Å². The largest absolute Gasteiger partial charge is 0.491 e. The van der Waals surface area contributed by atoms with E-state index in [0.29, 0.717) is 51.0 Å². The van der Waals surface area contributed by atoms with Crippen LogP contribution in [-0.4, -0.2) is 45.3 Å². The highest BCUT2D eigenvalue weighted by Gasteiger charge is 2.08. The predicted octanol–water partition coefficient (Wildman–Crippen LogP) is 3.42. The Balaban J connectivity index is 1.92. The summed E-state index contributed by atoms with van der Waals surface area (Å²) in [4.78, 5) is 16.5. The zero-order valence-electron chi connectivity index (χ0n) is 19.7. The first-order chi connectivity index (χ1) is 15.6. The summed E-state index contributed by atoms with van der Waals surface area (Å²) >= 11 is 0. The van der Waals surface area contributed by atoms with Crippen LogP contribution < -0.4 is 20.7 Å². The molecule has 1 amide bonds. The number of carbonyl (C=O) groups is 1. The van der Waals surface area contributed by atoms with Crippen LogP contribution in [0.3, 0.4) is 0 Å². The molecule has 0 atom stereocenters. The number of amides is 1. The van der Waals surface area contributed by atoms with E-state index in [1.54, 1.807) is 7.05 Å². The Kier molecular flexibility index (Phi) is 11.1. The summed E-state index contributed by atoms with van der Waals surface area (Å²) in [6, 6.07) is 13.8. The van der Waals surface area contributed by atoms with Gasteiger partial charge in [0, 0.05) is 44.4 Å². The Hall–Kier alpha value is -3.06. The number of guanidine groups is 1. The molecule has 2 aromatic carbocycles. The van der Waals surface area contributed by atoms with Crippen LogP contribution in [0, 0.1) is 6.92 Å². The van der Waals surface area contributed by atoms with Crippen molar-refractivity contribution in [2.24, 2.45) is 4.99 Å². The number of aryl methyl sites for hydroxylation is 1. The van der Waals surface area contributed by atoms with E-state index in [-0.39, 0.29) is 5.91 Å². The Bertz CT molecular complexity index is 883. The summed E-state index contributed by atoms with van der Waals surface area (Å²) in [6.45, 7) is 9.61. The molecule has 2 aromatic rings. The molecular formula is C25H36N4O3. The van der Waals surface area contributed by atoms with Gasteiger partial charge >= 0.3 is 0 Å². The number of hydrogen-bond acceptors (Lipinski definition) is 4. The van der Waals surface area contributed by atoms with E-state index in [0.717, 1.165) is 28.9 Å². The van der Waals surface area contributed by atoms with Gasteiger partial charge in [0.15, 0.2) is 5.96 Å². The van der Waals surface area contributed by atoms with Crippen LogP contribution in [0.25, 0.3) is 0 Å². The molecule has 32 heavy (non-hydrogen) atoms. The van der Waals surface area contributed by atoms with Gasteiger partial charge in [-0.25, -0.2) is 0 Å². The summed E-state index contributed by atoms with van der Waals surface area (Å²) in [5, 5.41) is 9.54. The minimum absolute atomic E-state index is 0.0487. The van der Waals surface area contributed by atoms with Gasteiger partial charge < -0.3 is 25.4 Å². The van der Waals surface area contributed by atoms with E-state index in [4.69, 9.17) is 9.47 Å². The van der Waals surface area contributed by atoms with Gasteiger partial charge in [-0.05, 0) is 49.6 Å². The first-order valence-corrected chi connectivity index (χ1v) is 11.2. The number of hydrogen-bond donors (Lipinski definition) is 3. The standard InChI is InChI=1S/C25H36N4O3/c1-5-12-27-24(30)21-9-7-8-20(16-21)17-28-25(26-4)29-18-22-11-10-19(3)15-23(22)32-14-13-31-6-2/h7-11,15-16H,5-6,12-14,17-18H2,1-4H3,(H,27,30)(H2,26,28,29). The number of rotatable bonds is 12. The fourth-order valence-corrected chi connectivity index (χ4v) is 3.05. The fourth-order valence-electron chi connectivity index (χ4n) is 3.05. The molecule has 0 radical (unpaired) electrons. The van der Waals surface area contributed by atoms with Crippen molar-refractivity contribution in [3.63, 3.8) is 0 Å². The molecule has 0 unspecified atom stereocenters. The highest BCUT2D eigenvalue weighted by molar-refractivity contribution is 5.94. The minimum atomic E-state index is -0.0487. The number of nitrogens with one attached hydrogen (secondary N) is 3. The zero-order valence-corrected chi connectivity index (χ0v) is 19.7. The molecular weight excluding hydrogens is 404 g/mol. The van der Waals surface area contributed by atoms with Crippen molar-refractivity contribution in [3.8, 4) is 5.75 Å². The molecule has 174 valence electrons. The van der Waals surface area contributed by atoms with Crippen LogP contribution in [0.2, 0.25) is 0 Å². The van der Waals surface area contributed by atoms with E-state index in [2.05, 4.69) is 33.1 Å². The molecule has 0 fully saturated rings. The van der Waals surface area contributed by atoms with Crippen molar-refractivity contribution >= 4 is 11.9 Å².